The second kappa shape index (κ2) is 6.40. The second-order valence-corrected chi connectivity index (χ2v) is 7.62. The normalized spacial score (nSPS) is 21.6. The monoisotopic (exact) mass is 320 g/mol. The van der Waals surface area contributed by atoms with Crippen LogP contribution in [0.2, 0.25) is 0 Å². The zero-order valence-corrected chi connectivity index (χ0v) is 12.6. The Hall–Kier alpha value is 0.450. The van der Waals surface area contributed by atoms with Gasteiger partial charge in [-0.05, 0) is 40.0 Å². The van der Waals surface area contributed by atoms with Crippen molar-refractivity contribution in [1.29, 1.82) is 0 Å². The van der Waals surface area contributed by atoms with Crippen LogP contribution in [0.3, 0.4) is 0 Å². The van der Waals surface area contributed by atoms with Crippen molar-refractivity contribution < 1.29 is 0 Å². The lowest BCUT2D eigenvalue weighted by Crippen LogP contribution is -2.44. The largest absolute Gasteiger partial charge is 0.311 e. The number of nitrogens with one attached hydrogen (secondary N) is 1. The Morgan fingerprint density at radius 1 is 1.62 bits per heavy atom. The first kappa shape index (κ1) is 12.9. The summed E-state index contributed by atoms with van der Waals surface area (Å²) >= 11 is 7.33. The summed E-state index contributed by atoms with van der Waals surface area (Å²) in [4.78, 5) is 2.40. The second-order valence-electron chi connectivity index (χ2n) is 4.18. The molecule has 0 aromatic carbocycles. The van der Waals surface area contributed by atoms with Gasteiger partial charge in [0.2, 0.25) is 0 Å². The van der Waals surface area contributed by atoms with Gasteiger partial charge in [-0.2, -0.15) is 11.8 Å². The predicted molar refractivity (Wildman–Crippen MR) is 77.5 cm³/mol. The number of thiophene rings is 1. The van der Waals surface area contributed by atoms with Crippen LogP contribution in [0, 0.1) is 0 Å². The molecule has 0 spiro atoms. The molecule has 1 saturated heterocycles. The SMILES string of the molecule is CN(Cc1csc(Br)c1)CC1CSCCN1. The molecule has 1 aromatic heterocycles. The molecule has 0 radical (unpaired) electrons. The van der Waals surface area contributed by atoms with Gasteiger partial charge in [-0.1, -0.05) is 0 Å². The smallest absolute Gasteiger partial charge is 0.0701 e. The molecule has 16 heavy (non-hydrogen) atoms. The summed E-state index contributed by atoms with van der Waals surface area (Å²) in [5.74, 6) is 2.51. The van der Waals surface area contributed by atoms with E-state index in [0.717, 1.165) is 19.6 Å². The van der Waals surface area contributed by atoms with Gasteiger partial charge in [-0.3, -0.25) is 0 Å². The van der Waals surface area contributed by atoms with E-state index in [1.54, 1.807) is 11.3 Å². The highest BCUT2D eigenvalue weighted by Crippen LogP contribution is 2.21. The molecule has 1 atom stereocenters. The van der Waals surface area contributed by atoms with Gasteiger partial charge in [0.05, 0.1) is 3.79 Å². The average Bonchev–Trinajstić information content (AvgIpc) is 2.65. The fraction of sp³-hybridized carbons (Fsp3) is 0.636. The number of hydrogen-bond donors (Lipinski definition) is 1. The Balaban J connectivity index is 1.77. The molecule has 0 saturated carbocycles. The summed E-state index contributed by atoms with van der Waals surface area (Å²) in [6, 6.07) is 2.87. The maximum atomic E-state index is 3.57. The maximum absolute atomic E-state index is 3.57. The highest BCUT2D eigenvalue weighted by Gasteiger charge is 2.15. The summed E-state index contributed by atoms with van der Waals surface area (Å²) in [5.41, 5.74) is 1.41. The molecule has 0 amide bonds. The van der Waals surface area contributed by atoms with Crippen molar-refractivity contribution in [3.63, 3.8) is 0 Å². The Morgan fingerprint density at radius 3 is 3.12 bits per heavy atom. The van der Waals surface area contributed by atoms with Crippen LogP contribution >= 0.6 is 39.0 Å². The van der Waals surface area contributed by atoms with E-state index in [0.29, 0.717) is 6.04 Å². The van der Waals surface area contributed by atoms with E-state index in [1.165, 1.54) is 20.9 Å². The van der Waals surface area contributed by atoms with Crippen LogP contribution in [0.25, 0.3) is 0 Å². The van der Waals surface area contributed by atoms with Crippen LogP contribution in [0.1, 0.15) is 5.56 Å². The molecule has 1 aromatic rings. The van der Waals surface area contributed by atoms with Crippen molar-refractivity contribution in [2.24, 2.45) is 0 Å². The molecule has 0 bridgehead atoms. The lowest BCUT2D eigenvalue weighted by Gasteiger charge is -2.27. The standard InChI is InChI=1S/C11H17BrN2S2/c1-14(5-9-4-11(12)16-7-9)6-10-8-15-3-2-13-10/h4,7,10,13H,2-3,5-6,8H2,1H3. The Labute approximate surface area is 114 Å². The molecular weight excluding hydrogens is 304 g/mol. The molecule has 1 aliphatic heterocycles. The van der Waals surface area contributed by atoms with Gasteiger partial charge < -0.3 is 10.2 Å². The number of hydrogen-bond acceptors (Lipinski definition) is 4. The van der Waals surface area contributed by atoms with Gasteiger partial charge in [0.15, 0.2) is 0 Å². The minimum atomic E-state index is 0.658. The molecule has 2 rings (SSSR count). The number of rotatable bonds is 4. The van der Waals surface area contributed by atoms with E-state index in [9.17, 15) is 0 Å². The molecule has 0 aliphatic carbocycles. The summed E-state index contributed by atoms with van der Waals surface area (Å²) in [7, 11) is 2.20. The van der Waals surface area contributed by atoms with Crippen molar-refractivity contribution in [1.82, 2.24) is 10.2 Å². The van der Waals surface area contributed by atoms with Gasteiger partial charge in [-0.15, -0.1) is 11.3 Å². The van der Waals surface area contributed by atoms with Crippen LogP contribution in [-0.2, 0) is 6.54 Å². The summed E-state index contributed by atoms with van der Waals surface area (Å²) in [5, 5.41) is 5.80. The highest BCUT2D eigenvalue weighted by molar-refractivity contribution is 9.11. The molecule has 90 valence electrons. The van der Waals surface area contributed by atoms with Crippen LogP contribution in [0.4, 0.5) is 0 Å². The summed E-state index contributed by atoms with van der Waals surface area (Å²) in [6.07, 6.45) is 0. The lowest BCUT2D eigenvalue weighted by molar-refractivity contribution is 0.292. The van der Waals surface area contributed by atoms with Gasteiger partial charge in [0.1, 0.15) is 0 Å². The quantitative estimate of drug-likeness (QED) is 0.918. The minimum Gasteiger partial charge on any atom is -0.311 e. The topological polar surface area (TPSA) is 15.3 Å². The molecule has 1 fully saturated rings. The van der Waals surface area contributed by atoms with Gasteiger partial charge in [0, 0.05) is 37.2 Å². The van der Waals surface area contributed by atoms with E-state index < -0.39 is 0 Å². The third kappa shape index (κ3) is 4.04. The first-order valence-electron chi connectivity index (χ1n) is 5.46. The number of nitrogens with zero attached hydrogens (tertiary/aromatic N) is 1. The zero-order valence-electron chi connectivity index (χ0n) is 9.41. The Bertz CT molecular complexity index is 324. The zero-order chi connectivity index (χ0) is 11.4. The molecule has 2 nitrogen and oxygen atoms in total. The van der Waals surface area contributed by atoms with Crippen molar-refractivity contribution in [3.8, 4) is 0 Å². The first-order valence-corrected chi connectivity index (χ1v) is 8.29. The van der Waals surface area contributed by atoms with Crippen LogP contribution in [-0.4, -0.2) is 42.6 Å². The van der Waals surface area contributed by atoms with Crippen molar-refractivity contribution >= 4 is 39.0 Å². The Kier molecular flexibility index (Phi) is 5.16. The van der Waals surface area contributed by atoms with Crippen LogP contribution < -0.4 is 5.32 Å². The third-order valence-electron chi connectivity index (χ3n) is 2.60. The summed E-state index contributed by atoms with van der Waals surface area (Å²) in [6.45, 7) is 3.35. The van der Waals surface area contributed by atoms with Crippen molar-refractivity contribution in [2.75, 3.05) is 31.6 Å². The number of thioether (sulfide) groups is 1. The van der Waals surface area contributed by atoms with Crippen molar-refractivity contribution in [3.05, 3.63) is 20.8 Å². The van der Waals surface area contributed by atoms with E-state index >= 15 is 0 Å². The highest BCUT2D eigenvalue weighted by atomic mass is 79.9. The number of halogens is 1. The molecule has 1 aliphatic rings. The number of likely N-dealkylation sites (N-methyl/N-ethyl adjacent to an activating group) is 1. The van der Waals surface area contributed by atoms with Gasteiger partial charge in [0.25, 0.3) is 0 Å². The third-order valence-corrected chi connectivity index (χ3v) is 5.29. The lowest BCUT2D eigenvalue weighted by atomic mass is 10.2. The minimum absolute atomic E-state index is 0.658. The van der Waals surface area contributed by atoms with E-state index in [1.807, 2.05) is 0 Å². The molecule has 5 heteroatoms. The van der Waals surface area contributed by atoms with Gasteiger partial charge >= 0.3 is 0 Å². The summed E-state index contributed by atoms with van der Waals surface area (Å²) < 4.78 is 1.22. The predicted octanol–water partition coefficient (Wildman–Crippen LogP) is 2.65. The first-order chi connectivity index (χ1) is 7.74. The van der Waals surface area contributed by atoms with E-state index in [-0.39, 0.29) is 0 Å². The fourth-order valence-corrected chi connectivity index (χ4v) is 4.06. The fourth-order valence-electron chi connectivity index (χ4n) is 1.92. The molecule has 2 heterocycles. The van der Waals surface area contributed by atoms with E-state index in [2.05, 4.69) is 56.4 Å². The molecular formula is C11H17BrN2S2. The molecule has 1 unspecified atom stereocenters. The Morgan fingerprint density at radius 2 is 2.50 bits per heavy atom. The van der Waals surface area contributed by atoms with E-state index in [4.69, 9.17) is 0 Å². The molecule has 1 N–H and O–H groups in total. The van der Waals surface area contributed by atoms with Crippen LogP contribution in [0.15, 0.2) is 15.2 Å². The van der Waals surface area contributed by atoms with Crippen molar-refractivity contribution in [2.45, 2.75) is 12.6 Å². The van der Waals surface area contributed by atoms with Crippen LogP contribution in [0.5, 0.6) is 0 Å². The van der Waals surface area contributed by atoms with Gasteiger partial charge in [-0.25, -0.2) is 0 Å². The average molecular weight is 321 g/mol. The maximum Gasteiger partial charge on any atom is 0.0701 e.